The van der Waals surface area contributed by atoms with Gasteiger partial charge in [0.05, 0.1) is 0 Å². The fourth-order valence-electron chi connectivity index (χ4n) is 1.35. The van der Waals surface area contributed by atoms with Crippen LogP contribution in [0.1, 0.15) is 18.3 Å². The standard InChI is InChI=1S/C11H12FN3OS/c1-2-10-14-11(17-15-10)16-9-5-3-4-8(12)7(9)6-13/h3-5H,2,6,13H2,1H3. The molecule has 0 atom stereocenters. The van der Waals surface area contributed by atoms with Crippen molar-refractivity contribution < 1.29 is 9.13 Å². The molecule has 0 amide bonds. The predicted octanol–water partition coefficient (Wildman–Crippen LogP) is 2.49. The zero-order valence-electron chi connectivity index (χ0n) is 9.31. The molecule has 0 radical (unpaired) electrons. The Bertz CT molecular complexity index is 515. The normalized spacial score (nSPS) is 10.5. The van der Waals surface area contributed by atoms with Crippen molar-refractivity contribution in [3.05, 3.63) is 35.4 Å². The van der Waals surface area contributed by atoms with Gasteiger partial charge in [0.1, 0.15) is 17.4 Å². The molecule has 2 rings (SSSR count). The van der Waals surface area contributed by atoms with Gasteiger partial charge >= 0.3 is 0 Å². The first-order valence-corrected chi connectivity index (χ1v) is 5.99. The highest BCUT2D eigenvalue weighted by molar-refractivity contribution is 7.07. The summed E-state index contributed by atoms with van der Waals surface area (Å²) in [6, 6.07) is 4.59. The summed E-state index contributed by atoms with van der Waals surface area (Å²) in [5, 5.41) is 0.405. The maximum atomic E-state index is 13.4. The van der Waals surface area contributed by atoms with Crippen LogP contribution in [0, 0.1) is 5.82 Å². The third-order valence-electron chi connectivity index (χ3n) is 2.24. The number of aryl methyl sites for hydroxylation is 1. The number of aromatic nitrogens is 2. The molecule has 0 unspecified atom stereocenters. The van der Waals surface area contributed by atoms with E-state index in [1.807, 2.05) is 6.92 Å². The molecular weight excluding hydrogens is 241 g/mol. The molecule has 17 heavy (non-hydrogen) atoms. The first kappa shape index (κ1) is 11.9. The summed E-state index contributed by atoms with van der Waals surface area (Å²) in [4.78, 5) is 4.15. The van der Waals surface area contributed by atoms with E-state index in [2.05, 4.69) is 9.36 Å². The summed E-state index contributed by atoms with van der Waals surface area (Å²) in [7, 11) is 0. The number of benzene rings is 1. The average Bonchev–Trinajstić information content (AvgIpc) is 2.77. The number of hydrogen-bond donors (Lipinski definition) is 1. The second-order valence-corrected chi connectivity index (χ2v) is 4.07. The fraction of sp³-hybridized carbons (Fsp3) is 0.273. The molecule has 2 aromatic rings. The van der Waals surface area contributed by atoms with Gasteiger partial charge in [-0.3, -0.25) is 0 Å². The third kappa shape index (κ3) is 2.59. The zero-order chi connectivity index (χ0) is 12.3. The Labute approximate surface area is 102 Å². The maximum Gasteiger partial charge on any atom is 0.298 e. The molecule has 0 bridgehead atoms. The smallest absolute Gasteiger partial charge is 0.298 e. The molecule has 90 valence electrons. The average molecular weight is 253 g/mol. The number of rotatable bonds is 4. The Morgan fingerprint density at radius 3 is 2.94 bits per heavy atom. The number of nitrogens with two attached hydrogens (primary N) is 1. The lowest BCUT2D eigenvalue weighted by atomic mass is 10.2. The van der Waals surface area contributed by atoms with Gasteiger partial charge in [0, 0.05) is 30.1 Å². The van der Waals surface area contributed by atoms with E-state index < -0.39 is 0 Å². The van der Waals surface area contributed by atoms with Gasteiger partial charge in [0.15, 0.2) is 0 Å². The van der Waals surface area contributed by atoms with Crippen LogP contribution in [-0.2, 0) is 13.0 Å². The van der Waals surface area contributed by atoms with Crippen molar-refractivity contribution in [3.8, 4) is 10.9 Å². The van der Waals surface area contributed by atoms with Gasteiger partial charge in [0.2, 0.25) is 0 Å². The largest absolute Gasteiger partial charge is 0.429 e. The van der Waals surface area contributed by atoms with Crippen LogP contribution in [0.25, 0.3) is 0 Å². The molecular formula is C11H12FN3OS. The van der Waals surface area contributed by atoms with Gasteiger partial charge in [-0.15, -0.1) is 0 Å². The molecule has 0 saturated heterocycles. The second-order valence-electron chi connectivity index (χ2n) is 3.35. The van der Waals surface area contributed by atoms with Crippen LogP contribution in [0.2, 0.25) is 0 Å². The molecule has 1 aromatic heterocycles. The maximum absolute atomic E-state index is 13.4. The first-order valence-electron chi connectivity index (χ1n) is 5.22. The Hall–Kier alpha value is -1.53. The van der Waals surface area contributed by atoms with Crippen LogP contribution in [0.5, 0.6) is 10.9 Å². The van der Waals surface area contributed by atoms with Crippen molar-refractivity contribution in [1.29, 1.82) is 0 Å². The molecule has 0 fully saturated rings. The second kappa shape index (κ2) is 5.20. The van der Waals surface area contributed by atoms with Crippen molar-refractivity contribution in [2.24, 2.45) is 5.73 Å². The summed E-state index contributed by atoms with van der Waals surface area (Å²) >= 11 is 1.15. The van der Waals surface area contributed by atoms with Crippen molar-refractivity contribution in [1.82, 2.24) is 9.36 Å². The van der Waals surface area contributed by atoms with Crippen LogP contribution in [0.4, 0.5) is 4.39 Å². The molecule has 0 spiro atoms. The number of nitrogens with zero attached hydrogens (tertiary/aromatic N) is 2. The number of ether oxygens (including phenoxy) is 1. The fourth-order valence-corrected chi connectivity index (χ4v) is 1.98. The minimum Gasteiger partial charge on any atom is -0.429 e. The van der Waals surface area contributed by atoms with Crippen LogP contribution in [0.3, 0.4) is 0 Å². The van der Waals surface area contributed by atoms with Crippen LogP contribution < -0.4 is 10.5 Å². The molecule has 0 saturated carbocycles. The van der Waals surface area contributed by atoms with E-state index in [1.54, 1.807) is 12.1 Å². The van der Waals surface area contributed by atoms with Crippen molar-refractivity contribution in [3.63, 3.8) is 0 Å². The lowest BCUT2D eigenvalue weighted by molar-refractivity contribution is 0.463. The van der Waals surface area contributed by atoms with Gasteiger partial charge in [-0.2, -0.15) is 9.36 Å². The molecule has 2 N–H and O–H groups in total. The van der Waals surface area contributed by atoms with Crippen molar-refractivity contribution in [2.45, 2.75) is 19.9 Å². The minimum absolute atomic E-state index is 0.0848. The lowest BCUT2D eigenvalue weighted by Gasteiger charge is -2.07. The summed E-state index contributed by atoms with van der Waals surface area (Å²) in [6.45, 7) is 2.04. The minimum atomic E-state index is -0.370. The van der Waals surface area contributed by atoms with Gasteiger partial charge < -0.3 is 10.5 Å². The van der Waals surface area contributed by atoms with Gasteiger partial charge in [0.25, 0.3) is 5.19 Å². The summed E-state index contributed by atoms with van der Waals surface area (Å²) in [6.07, 6.45) is 0.743. The van der Waals surface area contributed by atoms with Gasteiger partial charge in [-0.05, 0) is 12.1 Å². The molecule has 6 heteroatoms. The number of hydrogen-bond acceptors (Lipinski definition) is 5. The van der Waals surface area contributed by atoms with Crippen LogP contribution in [0.15, 0.2) is 18.2 Å². The molecule has 0 aliphatic rings. The predicted molar refractivity (Wildman–Crippen MR) is 63.7 cm³/mol. The molecule has 1 aromatic carbocycles. The molecule has 1 heterocycles. The van der Waals surface area contributed by atoms with Gasteiger partial charge in [-0.25, -0.2) is 4.39 Å². The van der Waals surface area contributed by atoms with E-state index in [1.165, 1.54) is 6.07 Å². The zero-order valence-corrected chi connectivity index (χ0v) is 10.1. The quantitative estimate of drug-likeness (QED) is 0.909. The van der Waals surface area contributed by atoms with Gasteiger partial charge in [-0.1, -0.05) is 13.0 Å². The topological polar surface area (TPSA) is 61.0 Å². The van der Waals surface area contributed by atoms with Crippen molar-refractivity contribution in [2.75, 3.05) is 0 Å². The van der Waals surface area contributed by atoms with E-state index in [-0.39, 0.29) is 12.4 Å². The van der Waals surface area contributed by atoms with Crippen LogP contribution in [-0.4, -0.2) is 9.36 Å². The van der Waals surface area contributed by atoms with E-state index in [0.29, 0.717) is 16.5 Å². The lowest BCUT2D eigenvalue weighted by Crippen LogP contribution is -2.02. The van der Waals surface area contributed by atoms with E-state index >= 15 is 0 Å². The number of halogens is 1. The molecule has 0 aliphatic carbocycles. The van der Waals surface area contributed by atoms with E-state index in [4.69, 9.17) is 10.5 Å². The Morgan fingerprint density at radius 1 is 1.47 bits per heavy atom. The SMILES string of the molecule is CCc1nsc(Oc2cccc(F)c2CN)n1. The van der Waals surface area contributed by atoms with Crippen LogP contribution >= 0.6 is 11.5 Å². The monoisotopic (exact) mass is 253 g/mol. The van der Waals surface area contributed by atoms with Crippen molar-refractivity contribution >= 4 is 11.5 Å². The molecule has 0 aliphatic heterocycles. The first-order chi connectivity index (χ1) is 8.24. The highest BCUT2D eigenvalue weighted by Gasteiger charge is 2.11. The molecule has 4 nitrogen and oxygen atoms in total. The Morgan fingerprint density at radius 2 is 2.29 bits per heavy atom. The highest BCUT2D eigenvalue weighted by atomic mass is 32.1. The highest BCUT2D eigenvalue weighted by Crippen LogP contribution is 2.27. The Balaban J connectivity index is 2.26. The van der Waals surface area contributed by atoms with E-state index in [0.717, 1.165) is 23.8 Å². The third-order valence-corrected chi connectivity index (χ3v) is 2.88. The summed E-state index contributed by atoms with van der Waals surface area (Å²) in [5.74, 6) is 0.743. The summed E-state index contributed by atoms with van der Waals surface area (Å²) < 4.78 is 23.0. The van der Waals surface area contributed by atoms with E-state index in [9.17, 15) is 4.39 Å². The Kier molecular flexibility index (Phi) is 3.65. The summed E-state index contributed by atoms with van der Waals surface area (Å²) in [5.41, 5.74) is 5.83.